The summed E-state index contributed by atoms with van der Waals surface area (Å²) >= 11 is 0. The molecule has 0 saturated carbocycles. The molecule has 0 aliphatic carbocycles. The lowest BCUT2D eigenvalue weighted by Gasteiger charge is -2.32. The molecule has 0 rings (SSSR count). The van der Waals surface area contributed by atoms with E-state index in [0.29, 0.717) is 0 Å². The highest BCUT2D eigenvalue weighted by Crippen LogP contribution is 2.07. The van der Waals surface area contributed by atoms with Gasteiger partial charge in [0.25, 0.3) is 0 Å². The van der Waals surface area contributed by atoms with E-state index in [1.807, 2.05) is 0 Å². The van der Waals surface area contributed by atoms with E-state index in [9.17, 15) is 0 Å². The van der Waals surface area contributed by atoms with E-state index in [0.717, 1.165) is 13.1 Å². The summed E-state index contributed by atoms with van der Waals surface area (Å²) in [6, 6.07) is 0. The maximum Gasteiger partial charge on any atom is 0.0271 e. The van der Waals surface area contributed by atoms with Gasteiger partial charge in [-0.25, -0.2) is 0 Å². The van der Waals surface area contributed by atoms with Gasteiger partial charge in [0.1, 0.15) is 0 Å². The molecule has 0 saturated heterocycles. The summed E-state index contributed by atoms with van der Waals surface area (Å²) in [7, 11) is 4.25. The molecule has 0 aromatic carbocycles. The molecule has 0 aliphatic heterocycles. The zero-order chi connectivity index (χ0) is 9.61. The minimum absolute atomic E-state index is 0.272. The average Bonchev–Trinajstić information content (AvgIpc) is 1.98. The average molecular weight is 172 g/mol. The number of nitrogens with one attached hydrogen (secondary N) is 1. The van der Waals surface area contributed by atoms with Crippen molar-refractivity contribution in [3.63, 3.8) is 0 Å². The fourth-order valence-electron chi connectivity index (χ4n) is 0.854. The third kappa shape index (κ3) is 4.73. The summed E-state index contributed by atoms with van der Waals surface area (Å²) in [6.45, 7) is 8.95. The van der Waals surface area contributed by atoms with E-state index < -0.39 is 0 Å². The summed E-state index contributed by atoms with van der Waals surface area (Å²) < 4.78 is 0. The largest absolute Gasteiger partial charge is 0.315 e. The molecule has 0 aromatic rings. The molecule has 0 heterocycles. The lowest BCUT2D eigenvalue weighted by Crippen LogP contribution is -2.46. The van der Waals surface area contributed by atoms with Gasteiger partial charge in [-0.2, -0.15) is 0 Å². The van der Waals surface area contributed by atoms with Crippen LogP contribution in [-0.4, -0.2) is 37.6 Å². The van der Waals surface area contributed by atoms with E-state index in [1.165, 1.54) is 12.8 Å². The first kappa shape index (κ1) is 11.9. The van der Waals surface area contributed by atoms with Gasteiger partial charge in [-0.1, -0.05) is 13.3 Å². The third-order valence-corrected chi connectivity index (χ3v) is 2.48. The van der Waals surface area contributed by atoms with Crippen molar-refractivity contribution in [2.45, 2.75) is 39.2 Å². The van der Waals surface area contributed by atoms with Crippen molar-refractivity contribution in [3.05, 3.63) is 0 Å². The summed E-state index contributed by atoms with van der Waals surface area (Å²) in [5, 5.41) is 3.47. The Morgan fingerprint density at radius 2 is 1.83 bits per heavy atom. The molecule has 2 heteroatoms. The Kier molecular flexibility index (Phi) is 5.51. The highest BCUT2D eigenvalue weighted by atomic mass is 15.2. The van der Waals surface area contributed by atoms with Gasteiger partial charge in [-0.05, 0) is 40.9 Å². The Morgan fingerprint density at radius 1 is 1.25 bits per heavy atom. The predicted octanol–water partition coefficient (Wildman–Crippen LogP) is 1.72. The first-order valence-electron chi connectivity index (χ1n) is 4.89. The smallest absolute Gasteiger partial charge is 0.0271 e. The van der Waals surface area contributed by atoms with Crippen molar-refractivity contribution in [1.29, 1.82) is 0 Å². The highest BCUT2D eigenvalue weighted by molar-refractivity contribution is 4.79. The van der Waals surface area contributed by atoms with Crippen LogP contribution in [0.25, 0.3) is 0 Å². The summed E-state index contributed by atoms with van der Waals surface area (Å²) in [6.07, 6.45) is 2.55. The van der Waals surface area contributed by atoms with Crippen LogP contribution < -0.4 is 5.32 Å². The van der Waals surface area contributed by atoms with Gasteiger partial charge in [0, 0.05) is 12.1 Å². The molecule has 1 N–H and O–H groups in total. The van der Waals surface area contributed by atoms with E-state index >= 15 is 0 Å². The van der Waals surface area contributed by atoms with Crippen LogP contribution >= 0.6 is 0 Å². The standard InChI is InChI=1S/C10H24N2/c1-6-7-8-11-9-10(2,3)12(4)5/h11H,6-9H2,1-5H3. The number of unbranched alkanes of at least 4 members (excludes halogenated alkanes) is 1. The molecular formula is C10H24N2. The number of nitrogens with zero attached hydrogens (tertiary/aromatic N) is 1. The lowest BCUT2D eigenvalue weighted by atomic mass is 10.0. The van der Waals surface area contributed by atoms with Gasteiger partial charge in [0.05, 0.1) is 0 Å². The van der Waals surface area contributed by atoms with Gasteiger partial charge in [-0.3, -0.25) is 0 Å². The van der Waals surface area contributed by atoms with Crippen molar-refractivity contribution in [3.8, 4) is 0 Å². The molecule has 0 aliphatic rings. The zero-order valence-electron chi connectivity index (χ0n) is 9.28. The van der Waals surface area contributed by atoms with Gasteiger partial charge in [-0.15, -0.1) is 0 Å². The Bertz CT molecular complexity index is 108. The first-order valence-corrected chi connectivity index (χ1v) is 4.89. The third-order valence-electron chi connectivity index (χ3n) is 2.48. The van der Waals surface area contributed by atoms with Crippen molar-refractivity contribution in [2.75, 3.05) is 27.2 Å². The minimum Gasteiger partial charge on any atom is -0.315 e. The van der Waals surface area contributed by atoms with Crippen molar-refractivity contribution in [1.82, 2.24) is 10.2 Å². The van der Waals surface area contributed by atoms with Crippen LogP contribution in [0.1, 0.15) is 33.6 Å². The molecule has 0 amide bonds. The van der Waals surface area contributed by atoms with Crippen molar-refractivity contribution >= 4 is 0 Å². The number of hydrogen-bond acceptors (Lipinski definition) is 2. The summed E-state index contributed by atoms with van der Waals surface area (Å²) in [4.78, 5) is 2.26. The van der Waals surface area contributed by atoms with E-state index in [-0.39, 0.29) is 5.54 Å². The topological polar surface area (TPSA) is 15.3 Å². The van der Waals surface area contributed by atoms with Crippen LogP contribution in [0.3, 0.4) is 0 Å². The summed E-state index contributed by atoms with van der Waals surface area (Å²) in [5.41, 5.74) is 0.272. The zero-order valence-corrected chi connectivity index (χ0v) is 9.28. The molecule has 0 radical (unpaired) electrons. The molecule has 0 spiro atoms. The fraction of sp³-hybridized carbons (Fsp3) is 1.00. The molecule has 74 valence electrons. The predicted molar refractivity (Wildman–Crippen MR) is 55.5 cm³/mol. The van der Waals surface area contributed by atoms with Crippen LogP contribution in [0, 0.1) is 0 Å². The van der Waals surface area contributed by atoms with E-state index in [1.54, 1.807) is 0 Å². The summed E-state index contributed by atoms with van der Waals surface area (Å²) in [5.74, 6) is 0. The second-order valence-electron chi connectivity index (χ2n) is 4.24. The Balaban J connectivity index is 3.47. The van der Waals surface area contributed by atoms with Crippen molar-refractivity contribution < 1.29 is 0 Å². The second kappa shape index (κ2) is 5.55. The highest BCUT2D eigenvalue weighted by Gasteiger charge is 2.18. The molecule has 12 heavy (non-hydrogen) atoms. The number of hydrogen-bond donors (Lipinski definition) is 1. The minimum atomic E-state index is 0.272. The molecule has 0 aromatic heterocycles. The normalized spacial score (nSPS) is 12.5. The lowest BCUT2D eigenvalue weighted by molar-refractivity contribution is 0.190. The molecule has 0 atom stereocenters. The molecular weight excluding hydrogens is 148 g/mol. The van der Waals surface area contributed by atoms with Crippen LogP contribution in [0.15, 0.2) is 0 Å². The van der Waals surface area contributed by atoms with Crippen LogP contribution in [0.4, 0.5) is 0 Å². The fourth-order valence-corrected chi connectivity index (χ4v) is 0.854. The van der Waals surface area contributed by atoms with Gasteiger partial charge in [0.15, 0.2) is 0 Å². The SMILES string of the molecule is CCCCNCC(C)(C)N(C)C. The number of likely N-dealkylation sites (N-methyl/N-ethyl adjacent to an activating group) is 1. The quantitative estimate of drug-likeness (QED) is 0.614. The van der Waals surface area contributed by atoms with Crippen LogP contribution in [0.5, 0.6) is 0 Å². The number of rotatable bonds is 6. The molecule has 0 bridgehead atoms. The Labute approximate surface area is 77.3 Å². The van der Waals surface area contributed by atoms with Crippen LogP contribution in [-0.2, 0) is 0 Å². The molecule has 2 nitrogen and oxygen atoms in total. The van der Waals surface area contributed by atoms with E-state index in [4.69, 9.17) is 0 Å². The Hall–Kier alpha value is -0.0800. The second-order valence-corrected chi connectivity index (χ2v) is 4.24. The Morgan fingerprint density at radius 3 is 2.25 bits per heavy atom. The van der Waals surface area contributed by atoms with E-state index in [2.05, 4.69) is 45.1 Å². The van der Waals surface area contributed by atoms with Crippen LogP contribution in [0.2, 0.25) is 0 Å². The van der Waals surface area contributed by atoms with Gasteiger partial charge < -0.3 is 10.2 Å². The monoisotopic (exact) mass is 172 g/mol. The maximum atomic E-state index is 3.47. The van der Waals surface area contributed by atoms with Gasteiger partial charge >= 0.3 is 0 Å². The molecule has 0 unspecified atom stereocenters. The maximum absolute atomic E-state index is 3.47. The molecule has 0 fully saturated rings. The first-order chi connectivity index (χ1) is 5.50. The van der Waals surface area contributed by atoms with Gasteiger partial charge in [0.2, 0.25) is 0 Å². The van der Waals surface area contributed by atoms with Crippen molar-refractivity contribution in [2.24, 2.45) is 0 Å².